The van der Waals surface area contributed by atoms with Gasteiger partial charge in [-0.1, -0.05) is 30.3 Å². The van der Waals surface area contributed by atoms with Crippen molar-refractivity contribution < 1.29 is 0 Å². The summed E-state index contributed by atoms with van der Waals surface area (Å²) in [5.74, 6) is 1.12. The quantitative estimate of drug-likeness (QED) is 0.787. The average molecular weight is 359 g/mol. The van der Waals surface area contributed by atoms with Gasteiger partial charge < -0.3 is 10.3 Å². The second kappa shape index (κ2) is 11.5. The van der Waals surface area contributed by atoms with Crippen LogP contribution in [-0.2, 0) is 13.0 Å². The summed E-state index contributed by atoms with van der Waals surface area (Å²) in [6.45, 7) is 7.81. The van der Waals surface area contributed by atoms with Crippen LogP contribution in [0.5, 0.6) is 0 Å². The smallest absolute Gasteiger partial charge is 0.123 e. The molecule has 0 amide bonds. The summed E-state index contributed by atoms with van der Waals surface area (Å²) in [6, 6.07) is 11.0. The fraction of sp³-hybridized carbons (Fsp3) is 0.471. The van der Waals surface area contributed by atoms with Crippen LogP contribution in [0.1, 0.15) is 31.3 Å². The SMILES string of the molecule is CC(C)n1ccnc1CN(CCN)CCc1ccccc1.Cl.Cl. The third-order valence-corrected chi connectivity index (χ3v) is 3.68. The van der Waals surface area contributed by atoms with Crippen LogP contribution in [0.25, 0.3) is 0 Å². The molecule has 1 heterocycles. The molecule has 2 rings (SSSR count). The largest absolute Gasteiger partial charge is 0.331 e. The van der Waals surface area contributed by atoms with Crippen LogP contribution in [0, 0.1) is 0 Å². The number of halogens is 2. The Morgan fingerprint density at radius 2 is 1.83 bits per heavy atom. The highest BCUT2D eigenvalue weighted by atomic mass is 35.5. The second-order valence-electron chi connectivity index (χ2n) is 5.64. The van der Waals surface area contributed by atoms with Crippen LogP contribution < -0.4 is 5.73 Å². The summed E-state index contributed by atoms with van der Waals surface area (Å²) >= 11 is 0. The Morgan fingerprint density at radius 1 is 1.13 bits per heavy atom. The third-order valence-electron chi connectivity index (χ3n) is 3.68. The van der Waals surface area contributed by atoms with Gasteiger partial charge in [0.15, 0.2) is 0 Å². The molecule has 4 nitrogen and oxygen atoms in total. The van der Waals surface area contributed by atoms with E-state index in [4.69, 9.17) is 5.73 Å². The van der Waals surface area contributed by atoms with Crippen molar-refractivity contribution in [3.63, 3.8) is 0 Å². The van der Waals surface area contributed by atoms with Crippen LogP contribution in [0.15, 0.2) is 42.7 Å². The Labute approximate surface area is 151 Å². The number of imidazole rings is 1. The second-order valence-corrected chi connectivity index (χ2v) is 5.64. The molecule has 0 saturated heterocycles. The molecule has 2 aromatic rings. The Morgan fingerprint density at radius 3 is 2.43 bits per heavy atom. The van der Waals surface area contributed by atoms with Gasteiger partial charge in [0.2, 0.25) is 0 Å². The molecule has 1 aromatic carbocycles. The minimum atomic E-state index is 0. The van der Waals surface area contributed by atoms with Gasteiger partial charge in [-0.2, -0.15) is 0 Å². The van der Waals surface area contributed by atoms with Gasteiger partial charge in [-0.25, -0.2) is 4.98 Å². The summed E-state index contributed by atoms with van der Waals surface area (Å²) in [5, 5.41) is 0. The monoisotopic (exact) mass is 358 g/mol. The highest BCUT2D eigenvalue weighted by Gasteiger charge is 2.11. The lowest BCUT2D eigenvalue weighted by molar-refractivity contribution is 0.263. The molecule has 0 saturated carbocycles. The molecule has 0 spiro atoms. The number of hydrogen-bond acceptors (Lipinski definition) is 3. The van der Waals surface area contributed by atoms with Crippen LogP contribution in [0.4, 0.5) is 0 Å². The van der Waals surface area contributed by atoms with Gasteiger partial charge in [-0.15, -0.1) is 24.8 Å². The van der Waals surface area contributed by atoms with E-state index >= 15 is 0 Å². The Kier molecular flexibility index (Phi) is 10.9. The van der Waals surface area contributed by atoms with Crippen molar-refractivity contribution in [1.29, 1.82) is 0 Å². The van der Waals surface area contributed by atoms with Crippen molar-refractivity contribution in [2.45, 2.75) is 32.9 Å². The zero-order valence-electron chi connectivity index (χ0n) is 13.9. The maximum Gasteiger partial charge on any atom is 0.123 e. The summed E-state index contributed by atoms with van der Waals surface area (Å²) in [7, 11) is 0. The van der Waals surface area contributed by atoms with Gasteiger partial charge in [-0.3, -0.25) is 4.90 Å². The van der Waals surface area contributed by atoms with E-state index in [9.17, 15) is 0 Å². The maximum absolute atomic E-state index is 5.76. The molecule has 23 heavy (non-hydrogen) atoms. The van der Waals surface area contributed by atoms with Crippen LogP contribution in [-0.4, -0.2) is 34.1 Å². The van der Waals surface area contributed by atoms with E-state index in [2.05, 4.69) is 64.8 Å². The molecule has 0 atom stereocenters. The third kappa shape index (κ3) is 6.92. The molecule has 0 radical (unpaired) electrons. The molecule has 2 N–H and O–H groups in total. The lowest BCUT2D eigenvalue weighted by atomic mass is 10.1. The van der Waals surface area contributed by atoms with Crippen LogP contribution in [0.2, 0.25) is 0 Å². The lowest BCUT2D eigenvalue weighted by Crippen LogP contribution is -2.32. The predicted octanol–water partition coefficient (Wildman–Crippen LogP) is 3.31. The van der Waals surface area contributed by atoms with Gasteiger partial charge in [0, 0.05) is 38.1 Å². The number of nitrogens with two attached hydrogens (primary N) is 1. The first kappa shape index (κ1) is 21.9. The first-order valence-electron chi connectivity index (χ1n) is 7.68. The molecular weight excluding hydrogens is 331 g/mol. The minimum absolute atomic E-state index is 0. The van der Waals surface area contributed by atoms with E-state index < -0.39 is 0 Å². The molecule has 6 heteroatoms. The van der Waals surface area contributed by atoms with Crippen molar-refractivity contribution in [3.05, 3.63) is 54.1 Å². The van der Waals surface area contributed by atoms with Gasteiger partial charge in [0.25, 0.3) is 0 Å². The molecule has 1 aromatic heterocycles. The first-order chi connectivity index (χ1) is 10.2. The van der Waals surface area contributed by atoms with Crippen molar-refractivity contribution in [1.82, 2.24) is 14.5 Å². The number of benzene rings is 1. The molecule has 0 unspecified atom stereocenters. The molecule has 0 fully saturated rings. The minimum Gasteiger partial charge on any atom is -0.331 e. The number of hydrogen-bond donors (Lipinski definition) is 1. The van der Waals surface area contributed by atoms with Gasteiger partial charge in [0.1, 0.15) is 5.82 Å². The van der Waals surface area contributed by atoms with E-state index in [0.29, 0.717) is 12.6 Å². The molecule has 130 valence electrons. The van der Waals surface area contributed by atoms with Gasteiger partial charge in [-0.05, 0) is 25.8 Å². The van der Waals surface area contributed by atoms with Crippen molar-refractivity contribution >= 4 is 24.8 Å². The summed E-state index contributed by atoms with van der Waals surface area (Å²) in [5.41, 5.74) is 7.12. The highest BCUT2D eigenvalue weighted by molar-refractivity contribution is 5.85. The highest BCUT2D eigenvalue weighted by Crippen LogP contribution is 2.11. The maximum atomic E-state index is 5.76. The van der Waals surface area contributed by atoms with Crippen molar-refractivity contribution in [3.8, 4) is 0 Å². The Balaban J connectivity index is 0.00000242. The molecule has 0 aliphatic heterocycles. The molecule has 0 bridgehead atoms. The van der Waals surface area contributed by atoms with Gasteiger partial charge >= 0.3 is 0 Å². The molecular formula is C17H28Cl2N4. The summed E-state index contributed by atoms with van der Waals surface area (Å²) in [4.78, 5) is 6.88. The fourth-order valence-corrected chi connectivity index (χ4v) is 2.52. The molecule has 0 aliphatic rings. The fourth-order valence-electron chi connectivity index (χ4n) is 2.52. The first-order valence-corrected chi connectivity index (χ1v) is 7.68. The van der Waals surface area contributed by atoms with Crippen molar-refractivity contribution in [2.24, 2.45) is 5.73 Å². The van der Waals surface area contributed by atoms with Crippen LogP contribution in [0.3, 0.4) is 0 Å². The van der Waals surface area contributed by atoms with E-state index in [-0.39, 0.29) is 24.8 Å². The van der Waals surface area contributed by atoms with E-state index in [1.54, 1.807) is 0 Å². The number of rotatable bonds is 8. The van der Waals surface area contributed by atoms with Gasteiger partial charge in [0.05, 0.1) is 6.54 Å². The Hall–Kier alpha value is -1.07. The normalized spacial score (nSPS) is 10.5. The Bertz CT molecular complexity index is 528. The summed E-state index contributed by atoms with van der Waals surface area (Å²) < 4.78 is 2.23. The lowest BCUT2D eigenvalue weighted by Gasteiger charge is -2.22. The number of aromatic nitrogens is 2. The van der Waals surface area contributed by atoms with E-state index in [1.165, 1.54) is 5.56 Å². The van der Waals surface area contributed by atoms with Crippen molar-refractivity contribution in [2.75, 3.05) is 19.6 Å². The molecule has 0 aliphatic carbocycles. The van der Waals surface area contributed by atoms with E-state index in [0.717, 1.165) is 31.9 Å². The van der Waals surface area contributed by atoms with Crippen LogP contribution >= 0.6 is 24.8 Å². The van der Waals surface area contributed by atoms with E-state index in [1.807, 2.05) is 6.20 Å². The summed E-state index contributed by atoms with van der Waals surface area (Å²) in [6.07, 6.45) is 4.98. The number of nitrogens with zero attached hydrogens (tertiary/aromatic N) is 3. The zero-order valence-corrected chi connectivity index (χ0v) is 15.5. The zero-order chi connectivity index (χ0) is 15.1. The topological polar surface area (TPSA) is 47.1 Å². The predicted molar refractivity (Wildman–Crippen MR) is 102 cm³/mol. The standard InChI is InChI=1S/C17H26N4.2ClH/c1-15(2)21-13-10-19-17(21)14-20(12-9-18)11-8-16-6-4-3-5-7-16;;/h3-7,10,13,15H,8-9,11-12,14,18H2,1-2H3;2*1H. The average Bonchev–Trinajstić information content (AvgIpc) is 2.94.